The topological polar surface area (TPSA) is 43.1 Å². The quantitative estimate of drug-likeness (QED) is 0.483. The van der Waals surface area contributed by atoms with Gasteiger partial charge in [0.2, 0.25) is 0 Å². The lowest BCUT2D eigenvalue weighted by atomic mass is 10.1. The molecule has 0 rings (SSSR count). The monoisotopic (exact) mass is 201 g/mol. The van der Waals surface area contributed by atoms with Gasteiger partial charge in [0, 0.05) is 6.42 Å². The Morgan fingerprint density at radius 1 is 0.929 bits per heavy atom. The molecule has 14 heavy (non-hydrogen) atoms. The predicted molar refractivity (Wildman–Crippen MR) is 63.4 cm³/mol. The molecule has 0 saturated carbocycles. The average molecular weight is 201 g/mol. The summed E-state index contributed by atoms with van der Waals surface area (Å²) in [6.07, 6.45) is 11.3. The van der Waals surface area contributed by atoms with E-state index in [1.165, 1.54) is 44.9 Å². The Balaban J connectivity index is 0. The molecule has 0 atom stereocenters. The number of carbonyl (C=O) groups excluding carboxylic acids is 1. The van der Waals surface area contributed by atoms with Crippen molar-refractivity contribution in [3.05, 3.63) is 0 Å². The summed E-state index contributed by atoms with van der Waals surface area (Å²) in [6.45, 7) is 5.00. The molecule has 0 fully saturated rings. The third kappa shape index (κ3) is 22.6. The maximum absolute atomic E-state index is 9.32. The number of hydrogen-bond acceptors (Lipinski definition) is 2. The van der Waals surface area contributed by atoms with Crippen LogP contribution in [-0.2, 0) is 4.79 Å². The predicted octanol–water partition coefficient (Wildman–Crippen LogP) is 3.29. The van der Waals surface area contributed by atoms with Crippen molar-refractivity contribution in [2.24, 2.45) is 5.73 Å². The van der Waals surface area contributed by atoms with Gasteiger partial charge in [-0.25, -0.2) is 0 Å². The van der Waals surface area contributed by atoms with E-state index in [1.807, 2.05) is 0 Å². The minimum absolute atomic E-state index is 0.476. The summed E-state index contributed by atoms with van der Waals surface area (Å²) in [5.74, 6) is 0. The highest BCUT2D eigenvalue weighted by Crippen LogP contribution is 2.05. The fourth-order valence-corrected chi connectivity index (χ4v) is 1.10. The Morgan fingerprint density at radius 3 is 1.57 bits per heavy atom. The van der Waals surface area contributed by atoms with E-state index < -0.39 is 0 Å². The summed E-state index contributed by atoms with van der Waals surface area (Å²) in [7, 11) is 0. The fourth-order valence-electron chi connectivity index (χ4n) is 1.10. The zero-order valence-corrected chi connectivity index (χ0v) is 9.93. The Hall–Kier alpha value is -0.370. The first-order chi connectivity index (χ1) is 6.83. The van der Waals surface area contributed by atoms with Gasteiger partial charge in [-0.05, 0) is 6.54 Å². The van der Waals surface area contributed by atoms with Gasteiger partial charge in [-0.2, -0.15) is 0 Å². The highest BCUT2D eigenvalue weighted by Gasteiger charge is 1.85. The number of unbranched alkanes of at least 4 members (excludes halogenated alkanes) is 6. The molecular weight excluding hydrogens is 174 g/mol. The minimum atomic E-state index is 0.476. The zero-order chi connectivity index (χ0) is 11.1. The lowest BCUT2D eigenvalue weighted by Crippen LogP contribution is -1.97. The van der Waals surface area contributed by atoms with Crippen molar-refractivity contribution in [3.8, 4) is 0 Å². The largest absolute Gasteiger partial charge is 0.330 e. The van der Waals surface area contributed by atoms with Gasteiger partial charge < -0.3 is 10.5 Å². The molecule has 0 aliphatic rings. The van der Waals surface area contributed by atoms with E-state index >= 15 is 0 Å². The van der Waals surface area contributed by atoms with E-state index in [0.29, 0.717) is 13.0 Å². The van der Waals surface area contributed by atoms with Crippen LogP contribution < -0.4 is 5.73 Å². The molecule has 2 nitrogen and oxygen atoms in total. The smallest absolute Gasteiger partial charge is 0.121 e. The Labute approximate surface area is 89.3 Å². The van der Waals surface area contributed by atoms with Crippen molar-refractivity contribution in [1.29, 1.82) is 0 Å². The molecule has 0 heterocycles. The van der Waals surface area contributed by atoms with Crippen LogP contribution in [0.3, 0.4) is 0 Å². The molecule has 2 heteroatoms. The van der Waals surface area contributed by atoms with Crippen molar-refractivity contribution in [1.82, 2.24) is 0 Å². The van der Waals surface area contributed by atoms with Gasteiger partial charge >= 0.3 is 0 Å². The Morgan fingerprint density at radius 2 is 1.36 bits per heavy atom. The van der Waals surface area contributed by atoms with Crippen LogP contribution >= 0.6 is 0 Å². The van der Waals surface area contributed by atoms with E-state index in [1.54, 1.807) is 0 Å². The van der Waals surface area contributed by atoms with Crippen molar-refractivity contribution >= 4 is 6.29 Å². The molecule has 0 radical (unpaired) electrons. The standard InChI is InChI=1S/C9H20.C3H7NO/c1-3-5-7-9-8-6-4-2;4-2-1-3-5/h3-9H2,1-2H3;3H,1-2,4H2. The molecule has 0 aliphatic heterocycles. The van der Waals surface area contributed by atoms with E-state index in [2.05, 4.69) is 13.8 Å². The summed E-state index contributed by atoms with van der Waals surface area (Å²) >= 11 is 0. The van der Waals surface area contributed by atoms with Gasteiger partial charge in [-0.1, -0.05) is 58.8 Å². The summed E-state index contributed by atoms with van der Waals surface area (Å²) in [5.41, 5.74) is 4.91. The summed E-state index contributed by atoms with van der Waals surface area (Å²) in [6, 6.07) is 0. The Bertz CT molecular complexity index is 88.3. The lowest BCUT2D eigenvalue weighted by molar-refractivity contribution is -0.107. The molecule has 0 saturated heterocycles. The van der Waals surface area contributed by atoms with Gasteiger partial charge in [0.15, 0.2) is 0 Å². The lowest BCUT2D eigenvalue weighted by Gasteiger charge is -1.96. The van der Waals surface area contributed by atoms with Crippen molar-refractivity contribution in [2.45, 2.75) is 65.2 Å². The molecular formula is C12H27NO. The number of rotatable bonds is 8. The third-order valence-corrected chi connectivity index (χ3v) is 1.99. The molecule has 0 spiro atoms. The third-order valence-electron chi connectivity index (χ3n) is 1.99. The highest BCUT2D eigenvalue weighted by atomic mass is 16.1. The first-order valence-electron chi connectivity index (χ1n) is 5.97. The second-order valence-electron chi connectivity index (χ2n) is 3.51. The molecule has 0 bridgehead atoms. The molecule has 0 unspecified atom stereocenters. The van der Waals surface area contributed by atoms with E-state index in [4.69, 9.17) is 5.73 Å². The molecule has 2 N–H and O–H groups in total. The van der Waals surface area contributed by atoms with Crippen LogP contribution in [0.1, 0.15) is 65.2 Å². The van der Waals surface area contributed by atoms with E-state index in [-0.39, 0.29) is 0 Å². The van der Waals surface area contributed by atoms with E-state index in [9.17, 15) is 4.79 Å². The first kappa shape index (κ1) is 16.1. The zero-order valence-electron chi connectivity index (χ0n) is 9.93. The molecule has 0 amide bonds. The maximum atomic E-state index is 9.32. The summed E-state index contributed by atoms with van der Waals surface area (Å²) < 4.78 is 0. The van der Waals surface area contributed by atoms with E-state index in [0.717, 1.165) is 6.29 Å². The first-order valence-corrected chi connectivity index (χ1v) is 5.97. The molecule has 0 aromatic heterocycles. The van der Waals surface area contributed by atoms with Crippen molar-refractivity contribution in [3.63, 3.8) is 0 Å². The second kappa shape index (κ2) is 18.4. The van der Waals surface area contributed by atoms with Gasteiger partial charge in [0.1, 0.15) is 6.29 Å². The fraction of sp³-hybridized carbons (Fsp3) is 0.917. The van der Waals surface area contributed by atoms with Gasteiger partial charge in [0.05, 0.1) is 0 Å². The minimum Gasteiger partial charge on any atom is -0.330 e. The number of hydrogen-bond donors (Lipinski definition) is 1. The molecule has 0 aromatic rings. The van der Waals surface area contributed by atoms with Crippen molar-refractivity contribution in [2.75, 3.05) is 6.54 Å². The van der Waals surface area contributed by atoms with Crippen LogP contribution in [0, 0.1) is 0 Å². The number of carbonyl (C=O) groups is 1. The van der Waals surface area contributed by atoms with Gasteiger partial charge in [-0.15, -0.1) is 0 Å². The normalized spacial score (nSPS) is 9.07. The van der Waals surface area contributed by atoms with Gasteiger partial charge in [0.25, 0.3) is 0 Å². The number of aldehydes is 1. The van der Waals surface area contributed by atoms with Crippen LogP contribution in [-0.4, -0.2) is 12.8 Å². The molecule has 86 valence electrons. The van der Waals surface area contributed by atoms with Crippen LogP contribution in [0.4, 0.5) is 0 Å². The van der Waals surface area contributed by atoms with Crippen molar-refractivity contribution < 1.29 is 4.79 Å². The van der Waals surface area contributed by atoms with Crippen LogP contribution in [0.25, 0.3) is 0 Å². The highest BCUT2D eigenvalue weighted by molar-refractivity contribution is 5.49. The second-order valence-corrected chi connectivity index (χ2v) is 3.51. The summed E-state index contributed by atoms with van der Waals surface area (Å²) in [5, 5.41) is 0. The molecule has 0 aliphatic carbocycles. The number of nitrogens with two attached hydrogens (primary N) is 1. The SMILES string of the molecule is CCCCCCCCC.NCCC=O. The average Bonchev–Trinajstić information content (AvgIpc) is 2.20. The summed E-state index contributed by atoms with van der Waals surface area (Å²) in [4.78, 5) is 9.32. The van der Waals surface area contributed by atoms with Crippen LogP contribution in [0.5, 0.6) is 0 Å². The van der Waals surface area contributed by atoms with Crippen LogP contribution in [0.15, 0.2) is 0 Å². The molecule has 0 aromatic carbocycles. The van der Waals surface area contributed by atoms with Crippen LogP contribution in [0.2, 0.25) is 0 Å². The van der Waals surface area contributed by atoms with Gasteiger partial charge in [-0.3, -0.25) is 0 Å². The maximum Gasteiger partial charge on any atom is 0.121 e. The Kier molecular flexibility index (Phi) is 21.2.